The number of carbonyl (C=O) groups excluding carboxylic acids is 2. The Labute approximate surface area is 158 Å². The number of benzene rings is 1. The van der Waals surface area contributed by atoms with Crippen LogP contribution in [0.15, 0.2) is 36.4 Å². The van der Waals surface area contributed by atoms with E-state index in [4.69, 9.17) is 11.5 Å². The van der Waals surface area contributed by atoms with Crippen molar-refractivity contribution < 1.29 is 9.59 Å². The molecule has 0 bridgehead atoms. The van der Waals surface area contributed by atoms with Gasteiger partial charge in [0, 0.05) is 25.2 Å². The van der Waals surface area contributed by atoms with Gasteiger partial charge in [0.2, 0.25) is 0 Å². The van der Waals surface area contributed by atoms with Gasteiger partial charge in [0.15, 0.2) is 5.69 Å². The maximum atomic E-state index is 12.8. The molecule has 2 amide bonds. The van der Waals surface area contributed by atoms with Crippen LogP contribution in [0.1, 0.15) is 40.7 Å². The first-order chi connectivity index (χ1) is 12.0. The number of primary amides is 1. The van der Waals surface area contributed by atoms with E-state index >= 15 is 0 Å². The molecule has 0 saturated carbocycles. The number of hydrogen-bond donors (Lipinski definition) is 2. The van der Waals surface area contributed by atoms with Crippen molar-refractivity contribution in [2.75, 3.05) is 13.1 Å². The number of para-hydroxylation sites is 1. The van der Waals surface area contributed by atoms with Gasteiger partial charge in [-0.3, -0.25) is 9.59 Å². The maximum Gasteiger partial charge on any atom is 0.274 e. The molecule has 0 aliphatic carbocycles. The molecule has 3 rings (SSSR count). The van der Waals surface area contributed by atoms with E-state index in [9.17, 15) is 9.59 Å². The summed E-state index contributed by atoms with van der Waals surface area (Å²) >= 11 is 0. The number of hydrogen-bond acceptors (Lipinski definition) is 4. The number of amides is 2. The molecule has 1 aliphatic rings. The summed E-state index contributed by atoms with van der Waals surface area (Å²) in [5.41, 5.74) is 12.5. The molecule has 2 aromatic rings. The molecule has 0 radical (unpaired) electrons. The molecule has 140 valence electrons. The highest BCUT2D eigenvalue weighted by Gasteiger charge is 2.28. The summed E-state index contributed by atoms with van der Waals surface area (Å²) in [5.74, 6) is -0.363. The van der Waals surface area contributed by atoms with Crippen molar-refractivity contribution in [2.45, 2.75) is 25.8 Å². The van der Waals surface area contributed by atoms with E-state index < -0.39 is 5.91 Å². The van der Waals surface area contributed by atoms with Gasteiger partial charge >= 0.3 is 0 Å². The second-order valence-electron chi connectivity index (χ2n) is 6.52. The van der Waals surface area contributed by atoms with E-state index in [2.05, 4.69) is 5.10 Å². The Morgan fingerprint density at radius 2 is 1.81 bits per heavy atom. The molecule has 1 aromatic carbocycles. The van der Waals surface area contributed by atoms with Crippen LogP contribution < -0.4 is 11.5 Å². The third-order valence-electron chi connectivity index (χ3n) is 4.75. The lowest BCUT2D eigenvalue weighted by molar-refractivity contribution is 0.0674. The average molecular weight is 378 g/mol. The first-order valence-electron chi connectivity index (χ1n) is 8.47. The van der Waals surface area contributed by atoms with Gasteiger partial charge in [-0.25, -0.2) is 4.68 Å². The molecule has 1 aliphatic heterocycles. The number of likely N-dealkylation sites (tertiary alicyclic amines) is 1. The van der Waals surface area contributed by atoms with E-state index in [1.807, 2.05) is 37.3 Å². The van der Waals surface area contributed by atoms with Crippen molar-refractivity contribution in [3.8, 4) is 5.69 Å². The summed E-state index contributed by atoms with van der Waals surface area (Å²) in [7, 11) is 0. The average Bonchev–Trinajstić information content (AvgIpc) is 3.07. The quantitative estimate of drug-likeness (QED) is 0.843. The van der Waals surface area contributed by atoms with Gasteiger partial charge < -0.3 is 16.4 Å². The highest BCUT2D eigenvalue weighted by atomic mass is 35.5. The molecule has 26 heavy (non-hydrogen) atoms. The van der Waals surface area contributed by atoms with Gasteiger partial charge in [0.05, 0.1) is 5.69 Å². The fraction of sp³-hybridized carbons (Fsp3) is 0.389. The lowest BCUT2D eigenvalue weighted by atomic mass is 9.91. The van der Waals surface area contributed by atoms with Crippen LogP contribution >= 0.6 is 12.4 Å². The summed E-state index contributed by atoms with van der Waals surface area (Å²) < 4.78 is 1.42. The van der Waals surface area contributed by atoms with Crippen LogP contribution in [0, 0.1) is 5.92 Å². The van der Waals surface area contributed by atoms with Crippen LogP contribution in [-0.4, -0.2) is 45.6 Å². The highest BCUT2D eigenvalue weighted by Crippen LogP contribution is 2.21. The molecular formula is C18H24ClN5O2. The Morgan fingerprint density at radius 1 is 1.19 bits per heavy atom. The molecule has 7 nitrogen and oxygen atoms in total. The second-order valence-corrected chi connectivity index (χ2v) is 6.52. The van der Waals surface area contributed by atoms with Crippen molar-refractivity contribution in [3.05, 3.63) is 47.8 Å². The maximum absolute atomic E-state index is 12.8. The summed E-state index contributed by atoms with van der Waals surface area (Å²) in [5, 5.41) is 4.33. The lowest BCUT2D eigenvalue weighted by Gasteiger charge is -2.33. The fourth-order valence-electron chi connectivity index (χ4n) is 3.22. The number of nitrogens with zero attached hydrogens (tertiary/aromatic N) is 3. The minimum absolute atomic E-state index is 0. The second kappa shape index (κ2) is 8.33. The summed E-state index contributed by atoms with van der Waals surface area (Å²) in [6.45, 7) is 3.30. The molecule has 1 saturated heterocycles. The predicted octanol–water partition coefficient (Wildman–Crippen LogP) is 1.59. The van der Waals surface area contributed by atoms with Crippen LogP contribution in [0.2, 0.25) is 0 Å². The number of carbonyl (C=O) groups is 2. The van der Waals surface area contributed by atoms with Crippen molar-refractivity contribution in [1.82, 2.24) is 14.7 Å². The monoisotopic (exact) mass is 377 g/mol. The van der Waals surface area contributed by atoms with Gasteiger partial charge in [0.1, 0.15) is 5.69 Å². The van der Waals surface area contributed by atoms with Gasteiger partial charge in [-0.05, 0) is 37.8 Å². The highest BCUT2D eigenvalue weighted by molar-refractivity contribution is 5.97. The first-order valence-corrected chi connectivity index (χ1v) is 8.47. The van der Waals surface area contributed by atoms with Crippen molar-refractivity contribution in [1.29, 1.82) is 0 Å². The number of piperidine rings is 1. The van der Waals surface area contributed by atoms with Gasteiger partial charge in [-0.15, -0.1) is 12.4 Å². The third kappa shape index (κ3) is 4.05. The summed E-state index contributed by atoms with van der Waals surface area (Å²) in [4.78, 5) is 26.3. The number of nitrogens with two attached hydrogens (primary N) is 2. The van der Waals surface area contributed by atoms with Crippen LogP contribution in [0.3, 0.4) is 0 Å². The van der Waals surface area contributed by atoms with E-state index in [1.54, 1.807) is 4.90 Å². The zero-order chi connectivity index (χ0) is 18.0. The van der Waals surface area contributed by atoms with Crippen LogP contribution in [0.4, 0.5) is 0 Å². The zero-order valence-electron chi connectivity index (χ0n) is 14.7. The lowest BCUT2D eigenvalue weighted by Crippen LogP contribution is -2.42. The Balaban J connectivity index is 0.00000243. The molecule has 4 N–H and O–H groups in total. The van der Waals surface area contributed by atoms with Gasteiger partial charge in [-0.1, -0.05) is 18.2 Å². The Morgan fingerprint density at radius 3 is 2.35 bits per heavy atom. The largest absolute Gasteiger partial charge is 0.364 e. The molecule has 1 atom stereocenters. The normalized spacial score (nSPS) is 16.0. The minimum Gasteiger partial charge on any atom is -0.364 e. The number of rotatable bonds is 4. The first kappa shape index (κ1) is 19.9. The topological polar surface area (TPSA) is 107 Å². The predicted molar refractivity (Wildman–Crippen MR) is 102 cm³/mol. The van der Waals surface area contributed by atoms with Crippen molar-refractivity contribution >= 4 is 24.2 Å². The summed E-state index contributed by atoms with van der Waals surface area (Å²) in [6, 6.07) is 10.8. The van der Waals surface area contributed by atoms with E-state index in [-0.39, 0.29) is 35.7 Å². The number of halogens is 1. The van der Waals surface area contributed by atoms with Crippen molar-refractivity contribution in [2.24, 2.45) is 17.4 Å². The smallest absolute Gasteiger partial charge is 0.274 e. The Bertz CT molecular complexity index is 767. The molecule has 8 heteroatoms. The molecule has 2 heterocycles. The molecule has 1 aromatic heterocycles. The summed E-state index contributed by atoms with van der Waals surface area (Å²) in [6.07, 6.45) is 1.76. The molecule has 0 spiro atoms. The standard InChI is InChI=1S/C18H23N5O2.ClH/c1-12(19)13-7-9-22(10-8-13)18(25)15-11-16(17(20)24)23(21-15)14-5-3-2-4-6-14;/h2-6,11-13H,7-10,19H2,1H3,(H2,20,24);1H. The zero-order valence-corrected chi connectivity index (χ0v) is 15.5. The van der Waals surface area contributed by atoms with E-state index in [0.717, 1.165) is 12.8 Å². The molecular weight excluding hydrogens is 354 g/mol. The number of aromatic nitrogens is 2. The Kier molecular flexibility index (Phi) is 6.39. The van der Waals surface area contributed by atoms with Crippen molar-refractivity contribution in [3.63, 3.8) is 0 Å². The van der Waals surface area contributed by atoms with E-state index in [1.165, 1.54) is 10.7 Å². The third-order valence-corrected chi connectivity index (χ3v) is 4.75. The SMILES string of the molecule is CC(N)C1CCN(C(=O)c2cc(C(N)=O)n(-c3ccccc3)n2)CC1.Cl. The van der Waals surface area contributed by atoms with E-state index in [0.29, 0.717) is 24.7 Å². The van der Waals surface area contributed by atoms with Crippen LogP contribution in [-0.2, 0) is 0 Å². The molecule has 1 unspecified atom stereocenters. The minimum atomic E-state index is -0.619. The van der Waals surface area contributed by atoms with Crippen LogP contribution in [0.25, 0.3) is 5.69 Å². The van der Waals surface area contributed by atoms with Gasteiger partial charge in [-0.2, -0.15) is 5.10 Å². The fourth-order valence-corrected chi connectivity index (χ4v) is 3.22. The Hall–Kier alpha value is -2.38. The van der Waals surface area contributed by atoms with Gasteiger partial charge in [0.25, 0.3) is 11.8 Å². The van der Waals surface area contributed by atoms with Crippen LogP contribution in [0.5, 0.6) is 0 Å². The molecule has 1 fully saturated rings.